The second kappa shape index (κ2) is 8.17. The van der Waals surface area contributed by atoms with E-state index in [0.29, 0.717) is 47.0 Å². The molecule has 0 saturated carbocycles. The van der Waals surface area contributed by atoms with Crippen molar-refractivity contribution in [3.63, 3.8) is 0 Å². The van der Waals surface area contributed by atoms with E-state index in [4.69, 9.17) is 27.7 Å². The zero-order valence-electron chi connectivity index (χ0n) is 14.0. The largest absolute Gasteiger partial charge is 0.356 e. The van der Waals surface area contributed by atoms with Crippen molar-refractivity contribution in [1.29, 1.82) is 0 Å². The van der Waals surface area contributed by atoms with Crippen LogP contribution < -0.4 is 5.32 Å². The van der Waals surface area contributed by atoms with Crippen LogP contribution in [0.5, 0.6) is 0 Å². The van der Waals surface area contributed by atoms with E-state index in [0.717, 1.165) is 19.4 Å². The average molecular weight is 383 g/mol. The van der Waals surface area contributed by atoms with Gasteiger partial charge in [-0.05, 0) is 44.5 Å². The van der Waals surface area contributed by atoms with E-state index in [1.54, 1.807) is 18.2 Å². The molecule has 1 N–H and O–H groups in total. The number of hydrogen-bond donors (Lipinski definition) is 1. The van der Waals surface area contributed by atoms with Crippen molar-refractivity contribution < 1.29 is 9.32 Å². The predicted molar refractivity (Wildman–Crippen MR) is 96.4 cm³/mol. The molecule has 1 amide bonds. The summed E-state index contributed by atoms with van der Waals surface area (Å²) in [6, 6.07) is 5.15. The highest BCUT2D eigenvalue weighted by molar-refractivity contribution is 6.36. The standard InChI is InChI=1S/C17H20Cl2N4O2/c1-2-20-17(24)11-4-3-7-23(9-11)10-15-21-16(22-25-15)13-6-5-12(18)8-14(13)19/h5-6,8,11H,2-4,7,9-10H2,1H3,(H,20,24). The third kappa shape index (κ3) is 4.51. The Hall–Kier alpha value is -1.63. The molecular weight excluding hydrogens is 363 g/mol. The summed E-state index contributed by atoms with van der Waals surface area (Å²) in [5, 5.41) is 7.94. The van der Waals surface area contributed by atoms with Gasteiger partial charge in [0.15, 0.2) is 0 Å². The first kappa shape index (κ1) is 18.2. The Labute approximate surface area is 156 Å². The Kier molecular flexibility index (Phi) is 5.93. The number of nitrogens with zero attached hydrogens (tertiary/aromatic N) is 3. The molecule has 8 heteroatoms. The van der Waals surface area contributed by atoms with Crippen LogP contribution >= 0.6 is 23.2 Å². The monoisotopic (exact) mass is 382 g/mol. The number of rotatable bonds is 5. The molecule has 0 aliphatic carbocycles. The summed E-state index contributed by atoms with van der Waals surface area (Å²) in [6.07, 6.45) is 1.89. The van der Waals surface area contributed by atoms with Crippen molar-refractivity contribution in [2.75, 3.05) is 19.6 Å². The summed E-state index contributed by atoms with van der Waals surface area (Å²) in [5.41, 5.74) is 0.680. The molecule has 1 saturated heterocycles. The average Bonchev–Trinajstić information content (AvgIpc) is 3.03. The fourth-order valence-electron chi connectivity index (χ4n) is 3.02. The van der Waals surface area contributed by atoms with Gasteiger partial charge in [-0.1, -0.05) is 28.4 Å². The summed E-state index contributed by atoms with van der Waals surface area (Å²) >= 11 is 12.1. The van der Waals surface area contributed by atoms with Crippen molar-refractivity contribution in [2.45, 2.75) is 26.3 Å². The van der Waals surface area contributed by atoms with Crippen LogP contribution in [0.25, 0.3) is 11.4 Å². The minimum Gasteiger partial charge on any atom is -0.356 e. The maximum atomic E-state index is 12.0. The first-order valence-electron chi connectivity index (χ1n) is 8.35. The summed E-state index contributed by atoms with van der Waals surface area (Å²) < 4.78 is 5.36. The quantitative estimate of drug-likeness (QED) is 0.857. The van der Waals surface area contributed by atoms with Crippen molar-refractivity contribution in [3.8, 4) is 11.4 Å². The fourth-order valence-corrected chi connectivity index (χ4v) is 3.52. The van der Waals surface area contributed by atoms with Gasteiger partial charge in [0, 0.05) is 23.7 Å². The van der Waals surface area contributed by atoms with Gasteiger partial charge in [-0.15, -0.1) is 0 Å². The van der Waals surface area contributed by atoms with Gasteiger partial charge >= 0.3 is 0 Å². The molecule has 1 aliphatic rings. The maximum absolute atomic E-state index is 12.0. The van der Waals surface area contributed by atoms with E-state index in [9.17, 15) is 4.79 Å². The van der Waals surface area contributed by atoms with Gasteiger partial charge in [-0.3, -0.25) is 9.69 Å². The second-order valence-electron chi connectivity index (χ2n) is 6.10. The molecule has 25 heavy (non-hydrogen) atoms. The second-order valence-corrected chi connectivity index (χ2v) is 6.95. The summed E-state index contributed by atoms with van der Waals surface area (Å²) in [4.78, 5) is 18.6. The van der Waals surface area contributed by atoms with Crippen LogP contribution in [-0.4, -0.2) is 40.6 Å². The molecule has 1 fully saturated rings. The van der Waals surface area contributed by atoms with Gasteiger partial charge in [-0.25, -0.2) is 0 Å². The highest BCUT2D eigenvalue weighted by Gasteiger charge is 2.26. The number of likely N-dealkylation sites (tertiary alicyclic amines) is 1. The Balaban J connectivity index is 1.66. The van der Waals surface area contributed by atoms with E-state index in [2.05, 4.69) is 20.4 Å². The van der Waals surface area contributed by atoms with Crippen molar-refractivity contribution >= 4 is 29.1 Å². The third-order valence-corrected chi connectivity index (χ3v) is 4.77. The van der Waals surface area contributed by atoms with Crippen LogP contribution in [0, 0.1) is 5.92 Å². The molecule has 1 aliphatic heterocycles. The first-order chi connectivity index (χ1) is 12.1. The normalized spacial score (nSPS) is 18.3. The lowest BCUT2D eigenvalue weighted by atomic mass is 9.97. The molecule has 1 atom stereocenters. The van der Waals surface area contributed by atoms with Gasteiger partial charge in [-0.2, -0.15) is 4.98 Å². The molecule has 6 nitrogen and oxygen atoms in total. The number of piperidine rings is 1. The molecule has 1 aromatic carbocycles. The number of hydrogen-bond acceptors (Lipinski definition) is 5. The summed E-state index contributed by atoms with van der Waals surface area (Å²) in [5.74, 6) is 1.08. The predicted octanol–water partition coefficient (Wildman–Crippen LogP) is 3.39. The molecule has 0 bridgehead atoms. The molecule has 2 aromatic rings. The number of carbonyl (C=O) groups excluding carboxylic acids is 1. The molecular formula is C17H20Cl2N4O2. The summed E-state index contributed by atoms with van der Waals surface area (Å²) in [7, 11) is 0. The molecule has 3 rings (SSSR count). The lowest BCUT2D eigenvalue weighted by molar-refractivity contribution is -0.126. The zero-order valence-corrected chi connectivity index (χ0v) is 15.5. The van der Waals surface area contributed by atoms with Gasteiger partial charge in [0.2, 0.25) is 17.6 Å². The van der Waals surface area contributed by atoms with Crippen LogP contribution in [0.2, 0.25) is 10.0 Å². The Morgan fingerprint density at radius 3 is 3.04 bits per heavy atom. The molecule has 1 unspecified atom stereocenters. The highest BCUT2D eigenvalue weighted by atomic mass is 35.5. The zero-order chi connectivity index (χ0) is 17.8. The number of nitrogens with one attached hydrogen (secondary N) is 1. The van der Waals surface area contributed by atoms with Crippen molar-refractivity contribution in [3.05, 3.63) is 34.1 Å². The minimum absolute atomic E-state index is 0.0156. The Morgan fingerprint density at radius 1 is 1.44 bits per heavy atom. The number of aromatic nitrogens is 2. The summed E-state index contributed by atoms with van der Waals surface area (Å²) in [6.45, 7) is 4.72. The van der Waals surface area contributed by atoms with Gasteiger partial charge in [0.25, 0.3) is 0 Å². The van der Waals surface area contributed by atoms with Crippen molar-refractivity contribution in [2.24, 2.45) is 5.92 Å². The number of halogens is 2. The van der Waals surface area contributed by atoms with E-state index in [-0.39, 0.29) is 11.8 Å². The van der Waals surface area contributed by atoms with E-state index >= 15 is 0 Å². The van der Waals surface area contributed by atoms with Gasteiger partial charge in [0.05, 0.1) is 17.5 Å². The van der Waals surface area contributed by atoms with Crippen LogP contribution in [0.1, 0.15) is 25.7 Å². The van der Waals surface area contributed by atoms with E-state index in [1.165, 1.54) is 0 Å². The number of benzene rings is 1. The molecule has 134 valence electrons. The minimum atomic E-state index is 0.0156. The van der Waals surface area contributed by atoms with Gasteiger partial charge < -0.3 is 9.84 Å². The highest BCUT2D eigenvalue weighted by Crippen LogP contribution is 2.28. The third-order valence-electron chi connectivity index (χ3n) is 4.23. The molecule has 0 spiro atoms. The van der Waals surface area contributed by atoms with Crippen LogP contribution in [0.15, 0.2) is 22.7 Å². The number of amides is 1. The van der Waals surface area contributed by atoms with Crippen LogP contribution in [-0.2, 0) is 11.3 Å². The molecule has 0 radical (unpaired) electrons. The lowest BCUT2D eigenvalue weighted by Crippen LogP contribution is -2.42. The van der Waals surface area contributed by atoms with Crippen LogP contribution in [0.3, 0.4) is 0 Å². The Morgan fingerprint density at radius 2 is 2.28 bits per heavy atom. The van der Waals surface area contributed by atoms with E-state index in [1.807, 2.05) is 6.92 Å². The van der Waals surface area contributed by atoms with Gasteiger partial charge in [0.1, 0.15) is 0 Å². The smallest absolute Gasteiger partial charge is 0.241 e. The van der Waals surface area contributed by atoms with E-state index < -0.39 is 0 Å². The maximum Gasteiger partial charge on any atom is 0.241 e. The van der Waals surface area contributed by atoms with Crippen LogP contribution in [0.4, 0.5) is 0 Å². The number of carbonyl (C=O) groups is 1. The SMILES string of the molecule is CCNC(=O)C1CCCN(Cc2nc(-c3ccc(Cl)cc3Cl)no2)C1. The topological polar surface area (TPSA) is 71.3 Å². The Bertz CT molecular complexity index is 750. The fraction of sp³-hybridized carbons (Fsp3) is 0.471. The van der Waals surface area contributed by atoms with Crippen molar-refractivity contribution in [1.82, 2.24) is 20.4 Å². The lowest BCUT2D eigenvalue weighted by Gasteiger charge is -2.30. The molecule has 2 heterocycles. The molecule has 1 aromatic heterocycles. The first-order valence-corrected chi connectivity index (χ1v) is 9.10.